The summed E-state index contributed by atoms with van der Waals surface area (Å²) in [7, 11) is -2.21. The topological polar surface area (TPSA) is 77.0 Å². The maximum atomic E-state index is 13.8. The second-order valence-electron chi connectivity index (χ2n) is 5.12. The Labute approximate surface area is 144 Å². The summed E-state index contributed by atoms with van der Waals surface area (Å²) in [5, 5.41) is 3.78. The minimum atomic E-state index is -3.59. The van der Waals surface area contributed by atoms with Gasteiger partial charge in [0, 0.05) is 11.6 Å². The van der Waals surface area contributed by atoms with Crippen LogP contribution in [0.3, 0.4) is 0 Å². The van der Waals surface area contributed by atoms with Crippen LogP contribution in [0.5, 0.6) is 11.5 Å². The van der Waals surface area contributed by atoms with Crippen molar-refractivity contribution in [2.75, 3.05) is 18.1 Å². The van der Waals surface area contributed by atoms with Gasteiger partial charge >= 0.3 is 0 Å². The number of nitrogens with one attached hydrogen (secondary N) is 1. The van der Waals surface area contributed by atoms with Crippen molar-refractivity contribution >= 4 is 21.4 Å². The number of hydrogen-bond donors (Lipinski definition) is 1. The lowest BCUT2D eigenvalue weighted by Gasteiger charge is -2.14. The molecule has 134 valence electrons. The summed E-state index contributed by atoms with van der Waals surface area (Å²) in [6.45, 7) is 1.67. The standard InChI is InChI=1S/C16H16F2N2O4S/c1-10(19-23-2)11-4-6-14(20-25(3,21)22)16(8-11)24-15-7-5-12(17)9-13(15)18/h4-9,20H,1-3H3. The number of halogens is 2. The van der Waals surface area contributed by atoms with Gasteiger partial charge in [-0.25, -0.2) is 17.2 Å². The van der Waals surface area contributed by atoms with E-state index in [1.165, 1.54) is 19.2 Å². The Kier molecular flexibility index (Phi) is 5.58. The van der Waals surface area contributed by atoms with Gasteiger partial charge in [-0.15, -0.1) is 0 Å². The molecule has 2 aromatic carbocycles. The van der Waals surface area contributed by atoms with Gasteiger partial charge in [-0.05, 0) is 31.2 Å². The Morgan fingerprint density at radius 3 is 2.44 bits per heavy atom. The average Bonchev–Trinajstić information content (AvgIpc) is 2.50. The fourth-order valence-corrected chi connectivity index (χ4v) is 2.55. The van der Waals surface area contributed by atoms with E-state index >= 15 is 0 Å². The van der Waals surface area contributed by atoms with E-state index < -0.39 is 21.7 Å². The van der Waals surface area contributed by atoms with Crippen molar-refractivity contribution in [1.82, 2.24) is 0 Å². The summed E-state index contributed by atoms with van der Waals surface area (Å²) in [5.41, 5.74) is 1.16. The van der Waals surface area contributed by atoms with E-state index in [0.717, 1.165) is 18.4 Å². The van der Waals surface area contributed by atoms with Gasteiger partial charge in [0.05, 0.1) is 17.7 Å². The molecule has 9 heteroatoms. The van der Waals surface area contributed by atoms with Crippen LogP contribution < -0.4 is 9.46 Å². The molecule has 2 aromatic rings. The monoisotopic (exact) mass is 370 g/mol. The van der Waals surface area contributed by atoms with Gasteiger partial charge in [-0.3, -0.25) is 4.72 Å². The van der Waals surface area contributed by atoms with Gasteiger partial charge in [-0.2, -0.15) is 0 Å². The summed E-state index contributed by atoms with van der Waals surface area (Å²) >= 11 is 0. The zero-order valence-corrected chi connectivity index (χ0v) is 14.5. The van der Waals surface area contributed by atoms with Crippen molar-refractivity contribution in [2.45, 2.75) is 6.92 Å². The molecule has 0 saturated heterocycles. The zero-order valence-electron chi connectivity index (χ0n) is 13.7. The first-order chi connectivity index (χ1) is 11.7. The fourth-order valence-electron chi connectivity index (χ4n) is 1.98. The number of benzene rings is 2. The maximum absolute atomic E-state index is 13.8. The molecule has 0 atom stereocenters. The Morgan fingerprint density at radius 2 is 1.84 bits per heavy atom. The third kappa shape index (κ3) is 5.15. The minimum Gasteiger partial charge on any atom is -0.452 e. The van der Waals surface area contributed by atoms with Crippen molar-refractivity contribution in [2.24, 2.45) is 5.16 Å². The Bertz CT molecular complexity index is 914. The first-order valence-corrected chi connectivity index (χ1v) is 8.91. The molecule has 0 aromatic heterocycles. The van der Waals surface area contributed by atoms with E-state index in [-0.39, 0.29) is 17.2 Å². The van der Waals surface area contributed by atoms with Crippen LogP contribution in [-0.2, 0) is 14.9 Å². The highest BCUT2D eigenvalue weighted by molar-refractivity contribution is 7.92. The molecular formula is C16H16F2N2O4S. The number of anilines is 1. The quantitative estimate of drug-likeness (QED) is 0.624. The van der Waals surface area contributed by atoms with Gasteiger partial charge < -0.3 is 9.57 Å². The highest BCUT2D eigenvalue weighted by atomic mass is 32.2. The first kappa shape index (κ1) is 18.7. The third-order valence-corrected chi connectivity index (χ3v) is 3.63. The van der Waals surface area contributed by atoms with Crippen LogP contribution in [0.15, 0.2) is 41.6 Å². The molecule has 2 rings (SSSR count). The summed E-state index contributed by atoms with van der Waals surface area (Å²) in [6, 6.07) is 7.32. The summed E-state index contributed by atoms with van der Waals surface area (Å²) in [4.78, 5) is 4.69. The molecule has 0 radical (unpaired) electrons. The Balaban J connectivity index is 2.49. The van der Waals surface area contributed by atoms with Gasteiger partial charge in [0.15, 0.2) is 17.3 Å². The zero-order chi connectivity index (χ0) is 18.6. The van der Waals surface area contributed by atoms with Crippen molar-refractivity contribution < 1.29 is 26.8 Å². The van der Waals surface area contributed by atoms with Crippen molar-refractivity contribution in [3.8, 4) is 11.5 Å². The van der Waals surface area contributed by atoms with Gasteiger partial charge in [-0.1, -0.05) is 11.2 Å². The van der Waals surface area contributed by atoms with E-state index in [4.69, 9.17) is 9.57 Å². The molecule has 0 aliphatic heterocycles. The molecule has 0 unspecified atom stereocenters. The number of ether oxygens (including phenoxy) is 1. The molecule has 6 nitrogen and oxygen atoms in total. The van der Waals surface area contributed by atoms with Gasteiger partial charge in [0.1, 0.15) is 12.9 Å². The summed E-state index contributed by atoms with van der Waals surface area (Å²) in [5.74, 6) is -1.90. The van der Waals surface area contributed by atoms with Crippen LogP contribution in [0.25, 0.3) is 0 Å². The van der Waals surface area contributed by atoms with Gasteiger partial charge in [0.25, 0.3) is 0 Å². The number of sulfonamides is 1. The van der Waals surface area contributed by atoms with Gasteiger partial charge in [0.2, 0.25) is 10.0 Å². The molecular weight excluding hydrogens is 354 g/mol. The van der Waals surface area contributed by atoms with Crippen LogP contribution in [0.2, 0.25) is 0 Å². The second-order valence-corrected chi connectivity index (χ2v) is 6.87. The van der Waals surface area contributed by atoms with Crippen LogP contribution >= 0.6 is 0 Å². The number of rotatable bonds is 6. The first-order valence-electron chi connectivity index (χ1n) is 7.02. The van der Waals surface area contributed by atoms with Crippen LogP contribution in [0, 0.1) is 11.6 Å². The highest BCUT2D eigenvalue weighted by Gasteiger charge is 2.14. The van der Waals surface area contributed by atoms with Crippen molar-refractivity contribution in [1.29, 1.82) is 0 Å². The van der Waals surface area contributed by atoms with E-state index in [0.29, 0.717) is 17.3 Å². The number of oxime groups is 1. The van der Waals surface area contributed by atoms with Crippen molar-refractivity contribution in [3.05, 3.63) is 53.6 Å². The largest absolute Gasteiger partial charge is 0.452 e. The van der Waals surface area contributed by atoms with E-state index in [1.807, 2.05) is 0 Å². The molecule has 0 fully saturated rings. The molecule has 0 spiro atoms. The SMILES string of the molecule is CON=C(C)c1ccc(NS(C)(=O)=O)c(Oc2ccc(F)cc2F)c1. The normalized spacial score (nSPS) is 12.0. The number of nitrogens with zero attached hydrogens (tertiary/aromatic N) is 1. The van der Waals surface area contributed by atoms with E-state index in [9.17, 15) is 17.2 Å². The number of hydrogen-bond acceptors (Lipinski definition) is 5. The molecule has 0 bridgehead atoms. The molecule has 25 heavy (non-hydrogen) atoms. The average molecular weight is 370 g/mol. The van der Waals surface area contributed by atoms with E-state index in [2.05, 4.69) is 9.88 Å². The molecule has 0 saturated carbocycles. The molecule has 0 heterocycles. The Morgan fingerprint density at radius 1 is 1.12 bits per heavy atom. The minimum absolute atomic E-state index is 0.0269. The Hall–Kier alpha value is -2.68. The second kappa shape index (κ2) is 7.47. The van der Waals surface area contributed by atoms with Crippen LogP contribution in [0.4, 0.5) is 14.5 Å². The maximum Gasteiger partial charge on any atom is 0.229 e. The third-order valence-electron chi connectivity index (χ3n) is 3.04. The lowest BCUT2D eigenvalue weighted by Crippen LogP contribution is -2.11. The smallest absolute Gasteiger partial charge is 0.229 e. The summed E-state index contributed by atoms with van der Waals surface area (Å²) in [6.07, 6.45) is 0.973. The lowest BCUT2D eigenvalue weighted by atomic mass is 10.1. The fraction of sp³-hybridized carbons (Fsp3) is 0.188. The summed E-state index contributed by atoms with van der Waals surface area (Å²) < 4.78 is 57.6. The van der Waals surface area contributed by atoms with Crippen LogP contribution in [0.1, 0.15) is 12.5 Å². The van der Waals surface area contributed by atoms with Crippen molar-refractivity contribution in [3.63, 3.8) is 0 Å². The molecule has 0 aliphatic carbocycles. The van der Waals surface area contributed by atoms with Crippen LogP contribution in [-0.4, -0.2) is 27.5 Å². The predicted molar refractivity (Wildman–Crippen MR) is 90.6 cm³/mol. The molecule has 1 N–H and O–H groups in total. The lowest BCUT2D eigenvalue weighted by molar-refractivity contribution is 0.213. The molecule has 0 aliphatic rings. The molecule has 0 amide bonds. The highest BCUT2D eigenvalue weighted by Crippen LogP contribution is 2.33. The van der Waals surface area contributed by atoms with E-state index in [1.54, 1.807) is 13.0 Å². The predicted octanol–water partition coefficient (Wildman–Crippen LogP) is 3.50.